The smallest absolute Gasteiger partial charge is 0.257 e. The summed E-state index contributed by atoms with van der Waals surface area (Å²) in [5.41, 5.74) is 4.55. The normalized spacial score (nSPS) is 18.8. The van der Waals surface area contributed by atoms with E-state index >= 15 is 0 Å². The van der Waals surface area contributed by atoms with Gasteiger partial charge in [0.1, 0.15) is 11.0 Å². The summed E-state index contributed by atoms with van der Waals surface area (Å²) in [6.07, 6.45) is 4.96. The number of fused-ring (bicyclic) bond motifs is 2. The minimum absolute atomic E-state index is 0.239. The van der Waals surface area contributed by atoms with Gasteiger partial charge in [0.2, 0.25) is 0 Å². The van der Waals surface area contributed by atoms with Crippen molar-refractivity contribution in [2.45, 2.75) is 39.8 Å². The number of halogens is 1. The van der Waals surface area contributed by atoms with E-state index in [0.717, 1.165) is 18.8 Å². The van der Waals surface area contributed by atoms with E-state index in [4.69, 9.17) is 0 Å². The molecule has 0 saturated carbocycles. The zero-order valence-corrected chi connectivity index (χ0v) is 19.1. The monoisotopic (exact) mass is 447 g/mol. The molecule has 2 unspecified atom stereocenters. The lowest BCUT2D eigenvalue weighted by Crippen LogP contribution is -2.54. The summed E-state index contributed by atoms with van der Waals surface area (Å²) in [6.45, 7) is 9.60. The summed E-state index contributed by atoms with van der Waals surface area (Å²) in [5, 5.41) is 6.38. The molecule has 9 heteroatoms. The molecule has 4 aromatic rings. The molecular weight excluding hydrogens is 421 g/mol. The highest BCUT2D eigenvalue weighted by atomic mass is 19.1. The van der Waals surface area contributed by atoms with Crippen molar-refractivity contribution in [2.24, 2.45) is 0 Å². The predicted molar refractivity (Wildman–Crippen MR) is 126 cm³/mol. The maximum absolute atomic E-state index is 14.6. The number of pyridine rings is 1. The number of aromatic nitrogens is 4. The summed E-state index contributed by atoms with van der Waals surface area (Å²) in [4.78, 5) is 28.8. The van der Waals surface area contributed by atoms with Gasteiger partial charge >= 0.3 is 0 Å². The maximum atomic E-state index is 14.6. The van der Waals surface area contributed by atoms with Crippen LogP contribution in [0.3, 0.4) is 0 Å². The molecule has 4 heterocycles. The van der Waals surface area contributed by atoms with Crippen LogP contribution in [0.25, 0.3) is 16.7 Å². The number of imidazole rings is 1. The Kier molecular flexibility index (Phi) is 5.20. The fourth-order valence-electron chi connectivity index (χ4n) is 4.67. The standard InChI is InChI=1S/C24H26FN7O/c1-13-10-31(11-14(2)28-13)20-6-5-17(21-22(20)27-8-7-26-21)24(33)30-19-9-18(25)23-29-15(3)12-32(23)16(19)4/h5-9,12-14,28H,10-11H2,1-4H3,(H,30,33). The van der Waals surface area contributed by atoms with E-state index < -0.39 is 5.82 Å². The van der Waals surface area contributed by atoms with Gasteiger partial charge in [0.25, 0.3) is 5.91 Å². The van der Waals surface area contributed by atoms with Crippen LogP contribution in [0.15, 0.2) is 36.8 Å². The minimum Gasteiger partial charge on any atom is -0.367 e. The lowest BCUT2D eigenvalue weighted by molar-refractivity contribution is 0.102. The highest BCUT2D eigenvalue weighted by Gasteiger charge is 2.25. The summed E-state index contributed by atoms with van der Waals surface area (Å²) in [5.74, 6) is -0.862. The molecule has 1 saturated heterocycles. The Labute approximate surface area is 190 Å². The molecular formula is C24H26FN7O. The van der Waals surface area contributed by atoms with Gasteiger partial charge in [-0.3, -0.25) is 19.2 Å². The molecule has 1 aromatic carbocycles. The van der Waals surface area contributed by atoms with Crippen LogP contribution in [-0.2, 0) is 0 Å². The molecule has 0 bridgehead atoms. The van der Waals surface area contributed by atoms with E-state index in [9.17, 15) is 9.18 Å². The van der Waals surface area contributed by atoms with E-state index in [2.05, 4.69) is 44.3 Å². The number of amides is 1. The lowest BCUT2D eigenvalue weighted by atomic mass is 10.1. The summed E-state index contributed by atoms with van der Waals surface area (Å²) < 4.78 is 16.2. The van der Waals surface area contributed by atoms with Crippen molar-refractivity contribution in [3.05, 3.63) is 59.6 Å². The first-order chi connectivity index (χ1) is 15.8. The molecule has 5 rings (SSSR count). The molecule has 1 fully saturated rings. The molecule has 1 aliphatic heterocycles. The van der Waals surface area contributed by atoms with Crippen molar-refractivity contribution >= 4 is 34.0 Å². The van der Waals surface area contributed by atoms with E-state index in [1.807, 2.05) is 13.0 Å². The first-order valence-electron chi connectivity index (χ1n) is 11.0. The second-order valence-corrected chi connectivity index (χ2v) is 8.78. The number of hydrogen-bond donors (Lipinski definition) is 2. The fraction of sp³-hybridized carbons (Fsp3) is 0.333. The summed E-state index contributed by atoms with van der Waals surface area (Å²) >= 11 is 0. The van der Waals surface area contributed by atoms with Crippen molar-refractivity contribution in [3.8, 4) is 0 Å². The second-order valence-electron chi connectivity index (χ2n) is 8.78. The van der Waals surface area contributed by atoms with Gasteiger partial charge in [-0.1, -0.05) is 0 Å². The van der Waals surface area contributed by atoms with Crippen molar-refractivity contribution in [2.75, 3.05) is 23.3 Å². The van der Waals surface area contributed by atoms with Crippen LogP contribution in [0.4, 0.5) is 15.8 Å². The number of anilines is 2. The summed E-state index contributed by atoms with van der Waals surface area (Å²) in [6, 6.07) is 5.67. The van der Waals surface area contributed by atoms with E-state index in [1.54, 1.807) is 36.0 Å². The van der Waals surface area contributed by atoms with Crippen LogP contribution in [0.2, 0.25) is 0 Å². The molecule has 0 spiro atoms. The number of piperazine rings is 1. The van der Waals surface area contributed by atoms with Gasteiger partial charge in [0.15, 0.2) is 11.5 Å². The molecule has 0 radical (unpaired) electrons. The van der Waals surface area contributed by atoms with Crippen LogP contribution in [-0.4, -0.2) is 50.4 Å². The van der Waals surface area contributed by atoms with Crippen LogP contribution >= 0.6 is 0 Å². The second kappa shape index (κ2) is 8.08. The van der Waals surface area contributed by atoms with Crippen LogP contribution in [0.5, 0.6) is 0 Å². The van der Waals surface area contributed by atoms with E-state index in [0.29, 0.717) is 45.8 Å². The molecule has 2 N–H and O–H groups in total. The number of carbonyl (C=O) groups is 1. The van der Waals surface area contributed by atoms with Gasteiger partial charge in [0.05, 0.1) is 22.6 Å². The van der Waals surface area contributed by atoms with Crippen LogP contribution < -0.4 is 15.5 Å². The van der Waals surface area contributed by atoms with E-state index in [1.165, 1.54) is 6.07 Å². The molecule has 1 aliphatic rings. The number of nitrogens with zero attached hydrogens (tertiary/aromatic N) is 5. The third kappa shape index (κ3) is 3.78. The van der Waals surface area contributed by atoms with Gasteiger partial charge < -0.3 is 15.5 Å². The Morgan fingerprint density at radius 1 is 1.12 bits per heavy atom. The number of nitrogens with one attached hydrogen (secondary N) is 2. The van der Waals surface area contributed by atoms with Crippen molar-refractivity contribution in [1.82, 2.24) is 24.7 Å². The van der Waals surface area contributed by atoms with Crippen LogP contribution in [0, 0.1) is 19.7 Å². The van der Waals surface area contributed by atoms with Gasteiger partial charge in [0, 0.05) is 55.5 Å². The maximum Gasteiger partial charge on any atom is 0.257 e. The van der Waals surface area contributed by atoms with Gasteiger partial charge in [-0.15, -0.1) is 0 Å². The van der Waals surface area contributed by atoms with E-state index in [-0.39, 0.29) is 11.6 Å². The third-order valence-electron chi connectivity index (χ3n) is 6.06. The van der Waals surface area contributed by atoms with Gasteiger partial charge in [-0.2, -0.15) is 0 Å². The average Bonchev–Trinajstić information content (AvgIpc) is 3.18. The molecule has 8 nitrogen and oxygen atoms in total. The van der Waals surface area contributed by atoms with Crippen molar-refractivity contribution in [1.29, 1.82) is 0 Å². The first kappa shape index (κ1) is 21.3. The fourth-order valence-corrected chi connectivity index (χ4v) is 4.67. The molecule has 2 atom stereocenters. The molecule has 3 aromatic heterocycles. The van der Waals surface area contributed by atoms with Crippen LogP contribution in [0.1, 0.15) is 35.6 Å². The molecule has 1 amide bonds. The van der Waals surface area contributed by atoms with Gasteiger partial charge in [-0.25, -0.2) is 9.37 Å². The Morgan fingerprint density at radius 3 is 2.55 bits per heavy atom. The zero-order valence-electron chi connectivity index (χ0n) is 19.1. The third-order valence-corrected chi connectivity index (χ3v) is 6.06. The predicted octanol–water partition coefficient (Wildman–Crippen LogP) is 3.47. The largest absolute Gasteiger partial charge is 0.367 e. The van der Waals surface area contributed by atoms with Gasteiger partial charge in [-0.05, 0) is 39.8 Å². The quantitative estimate of drug-likeness (QED) is 0.500. The highest BCUT2D eigenvalue weighted by molar-refractivity contribution is 6.13. The number of benzene rings is 1. The number of rotatable bonds is 3. The molecule has 0 aliphatic carbocycles. The van der Waals surface area contributed by atoms with Crippen molar-refractivity contribution in [3.63, 3.8) is 0 Å². The Morgan fingerprint density at radius 2 is 1.82 bits per heavy atom. The minimum atomic E-state index is -0.494. The topological polar surface area (TPSA) is 87.5 Å². The number of hydrogen-bond acceptors (Lipinski definition) is 6. The summed E-state index contributed by atoms with van der Waals surface area (Å²) in [7, 11) is 0. The van der Waals surface area contributed by atoms with Crippen molar-refractivity contribution < 1.29 is 9.18 Å². The molecule has 33 heavy (non-hydrogen) atoms. The highest BCUT2D eigenvalue weighted by Crippen LogP contribution is 2.29. The zero-order chi connectivity index (χ0) is 23.3. The first-order valence-corrected chi connectivity index (χ1v) is 11.0. The molecule has 170 valence electrons. The number of aryl methyl sites for hydroxylation is 2. The Balaban J connectivity index is 1.53. The average molecular weight is 448 g/mol. The number of carbonyl (C=O) groups excluding carboxylic acids is 1. The SMILES string of the molecule is Cc1cn2c(C)c(NC(=O)c3ccc(N4CC(C)NC(C)C4)c4nccnc34)cc(F)c2n1. The lowest BCUT2D eigenvalue weighted by Gasteiger charge is -2.38. The Hall–Kier alpha value is -3.59. The Bertz CT molecular complexity index is 1370.